The molecule has 1 unspecified atom stereocenters. The number of piperidine rings is 1. The van der Waals surface area contributed by atoms with Crippen LogP contribution in [0.25, 0.3) is 0 Å². The number of likely N-dealkylation sites (tertiary alicyclic amines) is 1. The largest absolute Gasteiger partial charge is 0.370 e. The molecule has 1 rings (SSSR count). The molecule has 0 aromatic carbocycles. The fourth-order valence-electron chi connectivity index (χ4n) is 2.74. The number of nitrogens with two attached hydrogens (primary N) is 1. The second-order valence-corrected chi connectivity index (χ2v) is 5.99. The van der Waals surface area contributed by atoms with Gasteiger partial charge in [0.05, 0.1) is 0 Å². The minimum atomic E-state index is 0. The normalized spacial score (nSPS) is 18.1. The first-order valence-electron chi connectivity index (χ1n) is 8.52. The molecule has 5 heteroatoms. The summed E-state index contributed by atoms with van der Waals surface area (Å²) in [4.78, 5) is 6.98. The Morgan fingerprint density at radius 2 is 1.90 bits per heavy atom. The SMILES string of the molecule is CCCCCCN=C(N)NCCC(C)N1CCCCC1.I. The van der Waals surface area contributed by atoms with Gasteiger partial charge >= 0.3 is 0 Å². The fraction of sp³-hybridized carbons (Fsp3) is 0.938. The van der Waals surface area contributed by atoms with Gasteiger partial charge in [0, 0.05) is 19.1 Å². The number of nitrogens with one attached hydrogen (secondary N) is 1. The maximum Gasteiger partial charge on any atom is 0.188 e. The zero-order valence-corrected chi connectivity index (χ0v) is 16.3. The van der Waals surface area contributed by atoms with Crippen molar-refractivity contribution in [2.75, 3.05) is 26.2 Å². The lowest BCUT2D eigenvalue weighted by atomic mass is 10.1. The maximum atomic E-state index is 5.88. The van der Waals surface area contributed by atoms with Crippen LogP contribution in [0, 0.1) is 0 Å². The third kappa shape index (κ3) is 10.3. The minimum absolute atomic E-state index is 0. The van der Waals surface area contributed by atoms with Crippen LogP contribution >= 0.6 is 24.0 Å². The third-order valence-electron chi connectivity index (χ3n) is 4.18. The van der Waals surface area contributed by atoms with Crippen LogP contribution in [-0.4, -0.2) is 43.1 Å². The van der Waals surface area contributed by atoms with Gasteiger partial charge in [-0.2, -0.15) is 0 Å². The topological polar surface area (TPSA) is 53.6 Å². The Hall–Kier alpha value is -0.0400. The molecule has 1 heterocycles. The molecule has 1 aliphatic heterocycles. The van der Waals surface area contributed by atoms with Crippen LogP contribution in [-0.2, 0) is 0 Å². The van der Waals surface area contributed by atoms with Crippen molar-refractivity contribution in [3.05, 3.63) is 0 Å². The highest BCUT2D eigenvalue weighted by Crippen LogP contribution is 2.13. The summed E-state index contributed by atoms with van der Waals surface area (Å²) in [6, 6.07) is 0.653. The molecule has 0 aliphatic carbocycles. The van der Waals surface area contributed by atoms with Crippen molar-refractivity contribution < 1.29 is 0 Å². The Labute approximate surface area is 148 Å². The number of halogens is 1. The van der Waals surface area contributed by atoms with Crippen molar-refractivity contribution in [2.45, 2.75) is 71.3 Å². The van der Waals surface area contributed by atoms with Crippen molar-refractivity contribution >= 4 is 29.9 Å². The third-order valence-corrected chi connectivity index (χ3v) is 4.18. The van der Waals surface area contributed by atoms with Crippen LogP contribution < -0.4 is 11.1 Å². The van der Waals surface area contributed by atoms with Crippen LogP contribution in [0.3, 0.4) is 0 Å². The average Bonchev–Trinajstić information content (AvgIpc) is 2.48. The summed E-state index contributed by atoms with van der Waals surface area (Å²) in [6.07, 6.45) is 10.3. The molecule has 0 bridgehead atoms. The number of nitrogens with zero attached hydrogens (tertiary/aromatic N) is 2. The predicted octanol–water partition coefficient (Wildman–Crippen LogP) is 3.35. The maximum absolute atomic E-state index is 5.88. The van der Waals surface area contributed by atoms with E-state index in [-0.39, 0.29) is 24.0 Å². The van der Waals surface area contributed by atoms with E-state index in [9.17, 15) is 0 Å². The zero-order chi connectivity index (χ0) is 14.6. The monoisotopic (exact) mass is 410 g/mol. The van der Waals surface area contributed by atoms with Gasteiger partial charge in [-0.05, 0) is 45.7 Å². The van der Waals surface area contributed by atoms with E-state index < -0.39 is 0 Å². The van der Waals surface area contributed by atoms with Gasteiger partial charge in [-0.25, -0.2) is 0 Å². The van der Waals surface area contributed by atoms with Gasteiger partial charge in [0.2, 0.25) is 0 Å². The summed E-state index contributed by atoms with van der Waals surface area (Å²) >= 11 is 0. The van der Waals surface area contributed by atoms with Crippen molar-refractivity contribution in [2.24, 2.45) is 10.7 Å². The van der Waals surface area contributed by atoms with Crippen LogP contribution in [0.4, 0.5) is 0 Å². The number of unbranched alkanes of at least 4 members (excludes halogenated alkanes) is 3. The standard InChI is InChI=1S/C16H34N4.HI/c1-3-4-5-7-11-18-16(17)19-12-10-15(2)20-13-8-6-9-14-20;/h15H,3-14H2,1-2H3,(H3,17,18,19);1H. The zero-order valence-electron chi connectivity index (χ0n) is 13.9. The highest BCUT2D eigenvalue weighted by Gasteiger charge is 2.15. The van der Waals surface area contributed by atoms with Crippen LogP contribution in [0.1, 0.15) is 65.2 Å². The average molecular weight is 410 g/mol. The number of rotatable bonds is 9. The number of guanidine groups is 1. The summed E-state index contributed by atoms with van der Waals surface area (Å²) in [5, 5.41) is 3.24. The quantitative estimate of drug-likeness (QED) is 0.265. The van der Waals surface area contributed by atoms with Gasteiger partial charge in [-0.3, -0.25) is 4.99 Å². The predicted molar refractivity (Wildman–Crippen MR) is 104 cm³/mol. The van der Waals surface area contributed by atoms with Crippen molar-refractivity contribution in [1.82, 2.24) is 10.2 Å². The van der Waals surface area contributed by atoms with Crippen LogP contribution in [0.5, 0.6) is 0 Å². The number of aliphatic imine (C=N–C) groups is 1. The second-order valence-electron chi connectivity index (χ2n) is 5.99. The van der Waals surface area contributed by atoms with Gasteiger partial charge < -0.3 is 16.0 Å². The molecule has 1 fully saturated rings. The molecule has 1 atom stereocenters. The van der Waals surface area contributed by atoms with Crippen molar-refractivity contribution in [1.29, 1.82) is 0 Å². The van der Waals surface area contributed by atoms with Crippen LogP contribution in [0.2, 0.25) is 0 Å². The lowest BCUT2D eigenvalue weighted by Crippen LogP contribution is -2.40. The van der Waals surface area contributed by atoms with Gasteiger partial charge in [-0.1, -0.05) is 32.6 Å². The Morgan fingerprint density at radius 1 is 1.19 bits per heavy atom. The first-order valence-corrected chi connectivity index (χ1v) is 8.52. The second kappa shape index (κ2) is 13.6. The minimum Gasteiger partial charge on any atom is -0.370 e. The Bertz CT molecular complexity index is 265. The molecule has 3 N–H and O–H groups in total. The fourth-order valence-corrected chi connectivity index (χ4v) is 2.74. The van der Waals surface area contributed by atoms with Gasteiger partial charge in [-0.15, -0.1) is 24.0 Å². The molecule has 21 heavy (non-hydrogen) atoms. The molecule has 0 aromatic heterocycles. The van der Waals surface area contributed by atoms with E-state index in [0.717, 1.165) is 25.9 Å². The Balaban J connectivity index is 0.00000400. The van der Waals surface area contributed by atoms with Gasteiger partial charge in [0.15, 0.2) is 5.96 Å². The van der Waals surface area contributed by atoms with E-state index in [4.69, 9.17) is 5.73 Å². The summed E-state index contributed by atoms with van der Waals surface area (Å²) in [6.45, 7) is 8.88. The Morgan fingerprint density at radius 3 is 2.57 bits per heavy atom. The molecule has 4 nitrogen and oxygen atoms in total. The molecular formula is C16H35IN4. The molecule has 0 saturated carbocycles. The van der Waals surface area contributed by atoms with E-state index >= 15 is 0 Å². The summed E-state index contributed by atoms with van der Waals surface area (Å²) < 4.78 is 0. The van der Waals surface area contributed by atoms with E-state index in [1.165, 1.54) is 51.6 Å². The highest BCUT2D eigenvalue weighted by atomic mass is 127. The van der Waals surface area contributed by atoms with E-state index in [2.05, 4.69) is 29.1 Å². The lowest BCUT2D eigenvalue weighted by molar-refractivity contribution is 0.167. The molecule has 0 spiro atoms. The van der Waals surface area contributed by atoms with Crippen LogP contribution in [0.15, 0.2) is 4.99 Å². The van der Waals surface area contributed by atoms with E-state index in [1.807, 2.05) is 0 Å². The van der Waals surface area contributed by atoms with Gasteiger partial charge in [0.25, 0.3) is 0 Å². The van der Waals surface area contributed by atoms with Crippen molar-refractivity contribution in [3.63, 3.8) is 0 Å². The first-order chi connectivity index (χ1) is 9.74. The molecule has 1 saturated heterocycles. The lowest BCUT2D eigenvalue weighted by Gasteiger charge is -2.32. The summed E-state index contributed by atoms with van der Waals surface area (Å²) in [5.74, 6) is 0.618. The molecule has 0 radical (unpaired) electrons. The first kappa shape index (κ1) is 21.0. The number of hydrogen-bond donors (Lipinski definition) is 2. The Kier molecular flexibility index (Phi) is 13.6. The summed E-state index contributed by atoms with van der Waals surface area (Å²) in [7, 11) is 0. The smallest absolute Gasteiger partial charge is 0.188 e. The highest BCUT2D eigenvalue weighted by molar-refractivity contribution is 14.0. The van der Waals surface area contributed by atoms with Gasteiger partial charge in [0.1, 0.15) is 0 Å². The molecule has 0 amide bonds. The summed E-state index contributed by atoms with van der Waals surface area (Å²) in [5.41, 5.74) is 5.88. The van der Waals surface area contributed by atoms with Crippen molar-refractivity contribution in [3.8, 4) is 0 Å². The number of hydrogen-bond acceptors (Lipinski definition) is 2. The molecule has 0 aromatic rings. The molecule has 1 aliphatic rings. The van der Waals surface area contributed by atoms with E-state index in [0.29, 0.717) is 12.0 Å². The van der Waals surface area contributed by atoms with E-state index in [1.54, 1.807) is 0 Å². The molecular weight excluding hydrogens is 375 g/mol. The molecule has 126 valence electrons.